The minimum Gasteiger partial charge on any atom is -0.299 e. The third-order valence-electron chi connectivity index (χ3n) is 4.08. The minimum absolute atomic E-state index is 0.356. The number of carbonyl (C=O) groups is 3. The van der Waals surface area contributed by atoms with Crippen LogP contribution in [0.15, 0.2) is 24.3 Å². The molecule has 1 atom stereocenters. The van der Waals surface area contributed by atoms with E-state index in [-0.39, 0.29) is 6.54 Å². The van der Waals surface area contributed by atoms with Gasteiger partial charge in [0, 0.05) is 5.69 Å². The number of hydrogen-bond donors (Lipinski definition) is 1. The molecule has 1 aliphatic rings. The van der Waals surface area contributed by atoms with E-state index in [4.69, 9.17) is 0 Å². The van der Waals surface area contributed by atoms with Crippen LogP contribution in [0.25, 0.3) is 0 Å². The fourth-order valence-electron chi connectivity index (χ4n) is 2.66. The lowest BCUT2D eigenvalue weighted by atomic mass is 10.2. The number of hydrogen-bond acceptors (Lipinski definition) is 6. The van der Waals surface area contributed by atoms with Crippen LogP contribution in [0.2, 0.25) is 0 Å². The Bertz CT molecular complexity index is 848. The number of aromatic nitrogens is 2. The van der Waals surface area contributed by atoms with Crippen molar-refractivity contribution in [2.24, 2.45) is 0 Å². The molecule has 1 N–H and O–H groups in total. The third-order valence-corrected chi connectivity index (χ3v) is 5.06. The van der Waals surface area contributed by atoms with Crippen LogP contribution in [0.4, 0.5) is 15.6 Å². The van der Waals surface area contributed by atoms with Crippen molar-refractivity contribution in [2.45, 2.75) is 33.2 Å². The number of carbonyl (C=O) groups excluding carboxylic acids is 3. The fourth-order valence-corrected chi connectivity index (χ4v) is 3.36. The first-order valence-corrected chi connectivity index (χ1v) is 9.05. The van der Waals surface area contributed by atoms with Crippen molar-refractivity contribution in [3.63, 3.8) is 0 Å². The van der Waals surface area contributed by atoms with Gasteiger partial charge in [0.25, 0.3) is 5.91 Å². The summed E-state index contributed by atoms with van der Waals surface area (Å²) in [6.45, 7) is 5.18. The Kier molecular flexibility index (Phi) is 4.99. The highest BCUT2D eigenvalue weighted by Gasteiger charge is 2.44. The second-order valence-electron chi connectivity index (χ2n) is 5.99. The molecule has 9 heteroatoms. The molecule has 136 valence electrons. The smallest absolute Gasteiger partial charge is 0.299 e. The molecule has 1 aromatic heterocycles. The lowest BCUT2D eigenvalue weighted by Gasteiger charge is -2.19. The Morgan fingerprint density at radius 3 is 2.54 bits per heavy atom. The van der Waals surface area contributed by atoms with Crippen molar-refractivity contribution in [3.8, 4) is 0 Å². The first-order chi connectivity index (χ1) is 12.4. The minimum atomic E-state index is -0.661. The normalized spacial score (nSPS) is 17.1. The highest BCUT2D eigenvalue weighted by molar-refractivity contribution is 7.15. The van der Waals surface area contributed by atoms with Gasteiger partial charge >= 0.3 is 6.03 Å². The highest BCUT2D eigenvalue weighted by atomic mass is 32.1. The zero-order valence-corrected chi connectivity index (χ0v) is 15.5. The summed E-state index contributed by atoms with van der Waals surface area (Å²) in [5, 5.41) is 11.5. The predicted octanol–water partition coefficient (Wildman–Crippen LogP) is 2.20. The summed E-state index contributed by atoms with van der Waals surface area (Å²) in [7, 11) is 0. The zero-order chi connectivity index (χ0) is 18.8. The molecule has 1 saturated heterocycles. The predicted molar refractivity (Wildman–Crippen MR) is 98.1 cm³/mol. The number of nitrogens with one attached hydrogen (secondary N) is 1. The number of anilines is 2. The first-order valence-electron chi connectivity index (χ1n) is 8.24. The number of urea groups is 1. The summed E-state index contributed by atoms with van der Waals surface area (Å²) < 4.78 is 0. The largest absolute Gasteiger partial charge is 0.332 e. The molecule has 0 spiro atoms. The number of benzene rings is 1. The summed E-state index contributed by atoms with van der Waals surface area (Å²) in [6.07, 6.45) is 0.722. The van der Waals surface area contributed by atoms with E-state index in [1.54, 1.807) is 19.1 Å². The standard InChI is InChI=1S/C17H19N5O3S/c1-4-14-19-20-16(26-14)18-13(23)9-21-15(24)11(3)22(17(21)25)12-7-5-10(2)6-8-12/h5-8,11H,4,9H2,1-3H3,(H,18,20,23). The van der Waals surface area contributed by atoms with Crippen molar-refractivity contribution >= 4 is 40.0 Å². The Balaban J connectivity index is 1.71. The van der Waals surface area contributed by atoms with Gasteiger partial charge in [-0.25, -0.2) is 4.79 Å². The average molecular weight is 373 g/mol. The van der Waals surface area contributed by atoms with Crippen LogP contribution < -0.4 is 10.2 Å². The van der Waals surface area contributed by atoms with Gasteiger partial charge in [-0.3, -0.25) is 24.7 Å². The maximum Gasteiger partial charge on any atom is 0.332 e. The van der Waals surface area contributed by atoms with Crippen molar-refractivity contribution in [3.05, 3.63) is 34.8 Å². The lowest BCUT2D eigenvalue weighted by Crippen LogP contribution is -2.39. The molecule has 26 heavy (non-hydrogen) atoms. The molecular formula is C17H19N5O3S. The van der Waals surface area contributed by atoms with Crippen LogP contribution in [0.1, 0.15) is 24.4 Å². The van der Waals surface area contributed by atoms with Crippen LogP contribution >= 0.6 is 11.3 Å². The van der Waals surface area contributed by atoms with Gasteiger partial charge in [-0.2, -0.15) is 0 Å². The number of nitrogens with zero attached hydrogens (tertiary/aromatic N) is 4. The van der Waals surface area contributed by atoms with E-state index in [9.17, 15) is 14.4 Å². The molecule has 1 fully saturated rings. The average Bonchev–Trinajstić information content (AvgIpc) is 3.15. The van der Waals surface area contributed by atoms with Crippen LogP contribution in [0.5, 0.6) is 0 Å². The molecule has 2 aromatic rings. The second kappa shape index (κ2) is 7.20. The van der Waals surface area contributed by atoms with Crippen molar-refractivity contribution < 1.29 is 14.4 Å². The van der Waals surface area contributed by atoms with Gasteiger partial charge in [0.15, 0.2) is 0 Å². The first kappa shape index (κ1) is 18.0. The summed E-state index contributed by atoms with van der Waals surface area (Å²) in [5.41, 5.74) is 1.68. The van der Waals surface area contributed by atoms with E-state index in [1.807, 2.05) is 26.0 Å². The third kappa shape index (κ3) is 3.43. The van der Waals surface area contributed by atoms with Gasteiger partial charge in [-0.15, -0.1) is 10.2 Å². The molecule has 4 amide bonds. The number of aryl methyl sites for hydroxylation is 2. The van der Waals surface area contributed by atoms with Gasteiger partial charge in [0.2, 0.25) is 11.0 Å². The Labute approximate surface area is 154 Å². The summed E-state index contributed by atoms with van der Waals surface area (Å²) in [4.78, 5) is 39.7. The number of amides is 4. The van der Waals surface area contributed by atoms with Crippen molar-refractivity contribution in [1.82, 2.24) is 15.1 Å². The maximum atomic E-state index is 12.7. The number of rotatable bonds is 5. The van der Waals surface area contributed by atoms with E-state index in [1.165, 1.54) is 16.2 Å². The SMILES string of the molecule is CCc1nnc(NC(=O)CN2C(=O)C(C)N(c3ccc(C)cc3)C2=O)s1. The summed E-state index contributed by atoms with van der Waals surface area (Å²) in [5.74, 6) is -0.888. The molecule has 1 aromatic carbocycles. The highest BCUT2D eigenvalue weighted by Crippen LogP contribution is 2.26. The maximum absolute atomic E-state index is 12.7. The van der Waals surface area contributed by atoms with Gasteiger partial charge in [-0.05, 0) is 32.4 Å². The molecule has 0 radical (unpaired) electrons. The van der Waals surface area contributed by atoms with Crippen LogP contribution in [0.3, 0.4) is 0 Å². The monoisotopic (exact) mass is 373 g/mol. The fraction of sp³-hybridized carbons (Fsp3) is 0.353. The van der Waals surface area contributed by atoms with Gasteiger partial charge in [0.05, 0.1) is 0 Å². The Morgan fingerprint density at radius 1 is 1.23 bits per heavy atom. The van der Waals surface area contributed by atoms with E-state index in [2.05, 4.69) is 15.5 Å². The van der Waals surface area contributed by atoms with Crippen LogP contribution in [0, 0.1) is 6.92 Å². The molecule has 0 aliphatic carbocycles. The molecule has 0 saturated carbocycles. The van der Waals surface area contributed by atoms with Crippen LogP contribution in [-0.4, -0.2) is 45.5 Å². The second-order valence-corrected chi connectivity index (χ2v) is 7.05. The zero-order valence-electron chi connectivity index (χ0n) is 14.7. The quantitative estimate of drug-likeness (QED) is 0.811. The van der Waals surface area contributed by atoms with E-state index >= 15 is 0 Å². The summed E-state index contributed by atoms with van der Waals surface area (Å²) >= 11 is 1.27. The van der Waals surface area contributed by atoms with E-state index in [0.717, 1.165) is 21.9 Å². The lowest BCUT2D eigenvalue weighted by molar-refractivity contribution is -0.130. The molecule has 2 heterocycles. The van der Waals surface area contributed by atoms with Crippen molar-refractivity contribution in [1.29, 1.82) is 0 Å². The molecule has 0 bridgehead atoms. The molecule has 8 nitrogen and oxygen atoms in total. The van der Waals surface area contributed by atoms with Crippen LogP contribution in [-0.2, 0) is 16.0 Å². The van der Waals surface area contributed by atoms with Gasteiger partial charge < -0.3 is 0 Å². The number of imide groups is 1. The molecule has 1 aliphatic heterocycles. The molecular weight excluding hydrogens is 354 g/mol. The summed E-state index contributed by atoms with van der Waals surface area (Å²) in [6, 6.07) is 6.15. The Morgan fingerprint density at radius 2 is 1.92 bits per heavy atom. The Hall–Kier alpha value is -2.81. The van der Waals surface area contributed by atoms with E-state index in [0.29, 0.717) is 10.8 Å². The van der Waals surface area contributed by atoms with E-state index < -0.39 is 23.9 Å². The van der Waals surface area contributed by atoms with Gasteiger partial charge in [0.1, 0.15) is 17.6 Å². The van der Waals surface area contributed by atoms with Gasteiger partial charge in [-0.1, -0.05) is 36.0 Å². The topological polar surface area (TPSA) is 95.5 Å². The molecule has 3 rings (SSSR count). The molecule has 1 unspecified atom stereocenters. The van der Waals surface area contributed by atoms with Crippen molar-refractivity contribution in [2.75, 3.05) is 16.8 Å².